The molecule has 1 aromatic carbocycles. The van der Waals surface area contributed by atoms with Gasteiger partial charge in [0.15, 0.2) is 0 Å². The third-order valence-electron chi connectivity index (χ3n) is 1.77. The summed E-state index contributed by atoms with van der Waals surface area (Å²) < 4.78 is 13.2. The van der Waals surface area contributed by atoms with E-state index in [1.807, 2.05) is 0 Å². The molecule has 0 aliphatic rings. The van der Waals surface area contributed by atoms with Crippen LogP contribution in [0.25, 0.3) is 0 Å². The van der Waals surface area contributed by atoms with Gasteiger partial charge in [-0.1, -0.05) is 0 Å². The number of benzene rings is 1. The van der Waals surface area contributed by atoms with E-state index in [-0.39, 0.29) is 17.1 Å². The van der Waals surface area contributed by atoms with Crippen LogP contribution in [0.15, 0.2) is 12.1 Å². The van der Waals surface area contributed by atoms with Crippen molar-refractivity contribution in [2.45, 2.75) is 0 Å². The summed E-state index contributed by atoms with van der Waals surface area (Å²) in [5.74, 6) is -0.571. The average Bonchev–Trinajstić information content (AvgIpc) is 2.02. The molecule has 1 rings (SSSR count). The minimum Gasteiger partial charge on any atom is -0.393 e. The van der Waals surface area contributed by atoms with Crippen molar-refractivity contribution in [3.63, 3.8) is 0 Å². The van der Waals surface area contributed by atoms with E-state index in [0.29, 0.717) is 0 Å². The predicted octanol–water partition coefficient (Wildman–Crippen LogP) is 1.38. The molecule has 0 aliphatic carbocycles. The van der Waals surface area contributed by atoms with Gasteiger partial charge in [0.2, 0.25) is 0 Å². The van der Waals surface area contributed by atoms with Crippen molar-refractivity contribution in [2.24, 2.45) is 0 Å². The van der Waals surface area contributed by atoms with E-state index in [2.05, 4.69) is 0 Å². The molecule has 1 aromatic rings. The third kappa shape index (κ3) is 1.73. The molecule has 6 heteroatoms. The Morgan fingerprint density at radius 1 is 1.50 bits per heavy atom. The van der Waals surface area contributed by atoms with Crippen molar-refractivity contribution in [2.75, 3.05) is 24.7 Å². The van der Waals surface area contributed by atoms with E-state index in [4.69, 9.17) is 5.73 Å². The van der Waals surface area contributed by atoms with Crippen LogP contribution in [0.1, 0.15) is 0 Å². The predicted molar refractivity (Wildman–Crippen MR) is 51.8 cm³/mol. The smallest absolute Gasteiger partial charge is 0.294 e. The summed E-state index contributed by atoms with van der Waals surface area (Å²) in [6, 6.07) is 2.07. The molecule has 0 radical (unpaired) electrons. The quantitative estimate of drug-likeness (QED) is 0.443. The Labute approximate surface area is 80.1 Å². The third-order valence-corrected chi connectivity index (χ3v) is 1.77. The number of anilines is 2. The summed E-state index contributed by atoms with van der Waals surface area (Å²) in [7, 11) is 3.19. The lowest BCUT2D eigenvalue weighted by Crippen LogP contribution is -2.11. The summed E-state index contributed by atoms with van der Waals surface area (Å²) in [5, 5.41) is 10.5. The van der Waals surface area contributed by atoms with Crippen LogP contribution in [-0.4, -0.2) is 19.0 Å². The number of halogens is 1. The number of nitro groups is 1. The maximum atomic E-state index is 13.2. The number of nitrogens with zero attached hydrogens (tertiary/aromatic N) is 2. The highest BCUT2D eigenvalue weighted by Crippen LogP contribution is 2.29. The molecule has 0 atom stereocenters. The Balaban J connectivity index is 3.34. The fourth-order valence-corrected chi connectivity index (χ4v) is 1.07. The number of nitrogen functional groups attached to an aromatic ring is 1. The molecule has 5 nitrogen and oxygen atoms in total. The molecule has 0 bridgehead atoms. The van der Waals surface area contributed by atoms with Crippen LogP contribution in [0.4, 0.5) is 21.5 Å². The Morgan fingerprint density at radius 2 is 2.07 bits per heavy atom. The average molecular weight is 199 g/mol. The molecule has 0 saturated heterocycles. The lowest BCUT2D eigenvalue weighted by molar-refractivity contribution is -0.383. The van der Waals surface area contributed by atoms with E-state index in [1.54, 1.807) is 14.1 Å². The van der Waals surface area contributed by atoms with Crippen LogP contribution in [0.3, 0.4) is 0 Å². The lowest BCUT2D eigenvalue weighted by Gasteiger charge is -2.13. The molecule has 0 spiro atoms. The fourth-order valence-electron chi connectivity index (χ4n) is 1.07. The maximum Gasteiger partial charge on any atom is 0.294 e. The van der Waals surface area contributed by atoms with Gasteiger partial charge in [0.05, 0.1) is 10.6 Å². The van der Waals surface area contributed by atoms with Crippen LogP contribution in [0.2, 0.25) is 0 Å². The van der Waals surface area contributed by atoms with Crippen LogP contribution < -0.4 is 10.6 Å². The normalized spacial score (nSPS) is 9.93. The molecule has 0 aliphatic heterocycles. The van der Waals surface area contributed by atoms with Gasteiger partial charge in [-0.2, -0.15) is 0 Å². The zero-order chi connectivity index (χ0) is 10.9. The molecule has 14 heavy (non-hydrogen) atoms. The fraction of sp³-hybridized carbons (Fsp3) is 0.250. The maximum absolute atomic E-state index is 13.2. The highest BCUT2D eigenvalue weighted by Gasteiger charge is 2.16. The van der Waals surface area contributed by atoms with E-state index in [1.165, 1.54) is 4.90 Å². The van der Waals surface area contributed by atoms with E-state index in [0.717, 1.165) is 12.1 Å². The van der Waals surface area contributed by atoms with Crippen molar-refractivity contribution in [3.05, 3.63) is 28.1 Å². The first-order chi connectivity index (χ1) is 6.43. The Kier molecular flexibility index (Phi) is 2.55. The van der Waals surface area contributed by atoms with E-state index >= 15 is 0 Å². The van der Waals surface area contributed by atoms with Crippen LogP contribution in [0, 0.1) is 15.9 Å². The first-order valence-electron chi connectivity index (χ1n) is 3.84. The van der Waals surface area contributed by atoms with Crippen molar-refractivity contribution >= 4 is 17.1 Å². The Morgan fingerprint density at radius 3 is 2.50 bits per heavy atom. The second-order valence-electron chi connectivity index (χ2n) is 3.01. The summed E-state index contributed by atoms with van der Waals surface area (Å²) in [6.45, 7) is 0. The van der Waals surface area contributed by atoms with Crippen molar-refractivity contribution in [1.82, 2.24) is 0 Å². The monoisotopic (exact) mass is 199 g/mol. The largest absolute Gasteiger partial charge is 0.393 e. The van der Waals surface area contributed by atoms with Crippen LogP contribution in [0.5, 0.6) is 0 Å². The number of nitrogens with two attached hydrogens (primary N) is 1. The number of nitro benzene ring substituents is 1. The molecule has 0 fully saturated rings. The number of hydrogen-bond acceptors (Lipinski definition) is 4. The van der Waals surface area contributed by atoms with Gasteiger partial charge in [-0.05, 0) is 0 Å². The zero-order valence-electron chi connectivity index (χ0n) is 7.82. The van der Waals surface area contributed by atoms with Gasteiger partial charge in [0, 0.05) is 26.2 Å². The second-order valence-corrected chi connectivity index (χ2v) is 3.01. The van der Waals surface area contributed by atoms with Crippen LogP contribution in [-0.2, 0) is 0 Å². The van der Waals surface area contributed by atoms with Gasteiger partial charge in [0.25, 0.3) is 5.69 Å². The summed E-state index contributed by atoms with van der Waals surface area (Å²) in [5.41, 5.74) is 4.98. The summed E-state index contributed by atoms with van der Waals surface area (Å²) >= 11 is 0. The molecule has 0 unspecified atom stereocenters. The van der Waals surface area contributed by atoms with Crippen molar-refractivity contribution < 1.29 is 9.31 Å². The van der Waals surface area contributed by atoms with Crippen molar-refractivity contribution in [1.29, 1.82) is 0 Å². The Bertz CT molecular complexity index is 379. The highest BCUT2D eigenvalue weighted by atomic mass is 19.1. The van der Waals surface area contributed by atoms with Gasteiger partial charge in [-0.3, -0.25) is 10.1 Å². The second kappa shape index (κ2) is 3.49. The zero-order valence-corrected chi connectivity index (χ0v) is 7.82. The first kappa shape index (κ1) is 10.2. The summed E-state index contributed by atoms with van der Waals surface area (Å²) in [4.78, 5) is 11.3. The molecular weight excluding hydrogens is 189 g/mol. The molecular formula is C8H10FN3O2. The topological polar surface area (TPSA) is 72.4 Å². The SMILES string of the molecule is CN(C)c1cc([N+](=O)[O-])c(N)cc1F. The highest BCUT2D eigenvalue weighted by molar-refractivity contribution is 5.66. The number of rotatable bonds is 2. The number of hydrogen-bond donors (Lipinski definition) is 1. The van der Waals surface area contributed by atoms with Gasteiger partial charge in [-0.25, -0.2) is 4.39 Å². The van der Waals surface area contributed by atoms with Gasteiger partial charge in [-0.15, -0.1) is 0 Å². The Hall–Kier alpha value is -1.85. The molecule has 76 valence electrons. The van der Waals surface area contributed by atoms with Crippen LogP contribution >= 0.6 is 0 Å². The molecule has 0 saturated carbocycles. The van der Waals surface area contributed by atoms with E-state index in [9.17, 15) is 14.5 Å². The molecule has 2 N–H and O–H groups in total. The molecule has 0 aromatic heterocycles. The van der Waals surface area contributed by atoms with E-state index < -0.39 is 10.7 Å². The molecule has 0 amide bonds. The van der Waals surface area contributed by atoms with Gasteiger partial charge < -0.3 is 10.6 Å². The van der Waals surface area contributed by atoms with Crippen molar-refractivity contribution in [3.8, 4) is 0 Å². The standard InChI is InChI=1S/C8H10FN3O2/c1-11(2)7-4-8(12(13)14)6(10)3-5(7)9/h3-4H,10H2,1-2H3. The van der Waals surface area contributed by atoms with Gasteiger partial charge in [0.1, 0.15) is 11.5 Å². The lowest BCUT2D eigenvalue weighted by atomic mass is 10.2. The molecule has 0 heterocycles. The minimum absolute atomic E-state index is 0.144. The minimum atomic E-state index is -0.637. The van der Waals surface area contributed by atoms with Gasteiger partial charge >= 0.3 is 0 Å². The summed E-state index contributed by atoms with van der Waals surface area (Å²) in [6.07, 6.45) is 0. The first-order valence-corrected chi connectivity index (χ1v) is 3.84.